The van der Waals surface area contributed by atoms with Crippen LogP contribution in [-0.2, 0) is 6.42 Å². The SMILES string of the molecule is Fc1ccnc(CC2CCNC2)c1. The van der Waals surface area contributed by atoms with Gasteiger partial charge in [-0.2, -0.15) is 0 Å². The number of nitrogens with one attached hydrogen (secondary N) is 1. The van der Waals surface area contributed by atoms with Crippen LogP contribution in [0.5, 0.6) is 0 Å². The molecule has 0 spiro atoms. The van der Waals surface area contributed by atoms with Crippen molar-refractivity contribution in [2.45, 2.75) is 12.8 Å². The molecule has 0 bridgehead atoms. The molecule has 13 heavy (non-hydrogen) atoms. The van der Waals surface area contributed by atoms with E-state index in [0.717, 1.165) is 25.2 Å². The smallest absolute Gasteiger partial charge is 0.126 e. The zero-order chi connectivity index (χ0) is 9.10. The van der Waals surface area contributed by atoms with Crippen molar-refractivity contribution >= 4 is 0 Å². The first-order valence-corrected chi connectivity index (χ1v) is 4.66. The van der Waals surface area contributed by atoms with Crippen molar-refractivity contribution in [1.82, 2.24) is 10.3 Å². The van der Waals surface area contributed by atoms with Crippen LogP contribution in [-0.4, -0.2) is 18.1 Å². The van der Waals surface area contributed by atoms with Crippen LogP contribution in [0.15, 0.2) is 18.3 Å². The molecular weight excluding hydrogens is 167 g/mol. The van der Waals surface area contributed by atoms with Gasteiger partial charge in [-0.3, -0.25) is 4.98 Å². The lowest BCUT2D eigenvalue weighted by Gasteiger charge is -2.06. The van der Waals surface area contributed by atoms with Crippen molar-refractivity contribution in [2.75, 3.05) is 13.1 Å². The molecule has 2 nitrogen and oxygen atoms in total. The topological polar surface area (TPSA) is 24.9 Å². The average Bonchev–Trinajstić information content (AvgIpc) is 2.57. The van der Waals surface area contributed by atoms with E-state index in [4.69, 9.17) is 0 Å². The van der Waals surface area contributed by atoms with Gasteiger partial charge in [-0.25, -0.2) is 4.39 Å². The second kappa shape index (κ2) is 3.83. The first kappa shape index (κ1) is 8.63. The minimum Gasteiger partial charge on any atom is -0.316 e. The van der Waals surface area contributed by atoms with Crippen molar-refractivity contribution in [2.24, 2.45) is 5.92 Å². The molecule has 0 amide bonds. The van der Waals surface area contributed by atoms with E-state index in [0.29, 0.717) is 5.92 Å². The highest BCUT2D eigenvalue weighted by Crippen LogP contribution is 2.13. The van der Waals surface area contributed by atoms with Crippen LogP contribution >= 0.6 is 0 Å². The summed E-state index contributed by atoms with van der Waals surface area (Å²) < 4.78 is 12.8. The Morgan fingerprint density at radius 1 is 1.62 bits per heavy atom. The lowest BCUT2D eigenvalue weighted by Crippen LogP contribution is -2.11. The van der Waals surface area contributed by atoms with E-state index in [1.807, 2.05) is 0 Å². The molecule has 3 heteroatoms. The Labute approximate surface area is 77.2 Å². The number of aromatic nitrogens is 1. The fourth-order valence-corrected chi connectivity index (χ4v) is 1.74. The monoisotopic (exact) mass is 180 g/mol. The third-order valence-corrected chi connectivity index (χ3v) is 2.44. The molecule has 70 valence electrons. The van der Waals surface area contributed by atoms with E-state index in [-0.39, 0.29) is 5.82 Å². The molecular formula is C10H13FN2. The highest BCUT2D eigenvalue weighted by Gasteiger charge is 2.15. The highest BCUT2D eigenvalue weighted by atomic mass is 19.1. The van der Waals surface area contributed by atoms with Crippen LogP contribution < -0.4 is 5.32 Å². The quantitative estimate of drug-likeness (QED) is 0.743. The number of halogens is 1. The largest absolute Gasteiger partial charge is 0.316 e. The van der Waals surface area contributed by atoms with E-state index < -0.39 is 0 Å². The normalized spacial score (nSPS) is 22.1. The average molecular weight is 180 g/mol. The van der Waals surface area contributed by atoms with Gasteiger partial charge in [-0.1, -0.05) is 0 Å². The summed E-state index contributed by atoms with van der Waals surface area (Å²) in [6, 6.07) is 2.91. The Bertz CT molecular complexity index is 282. The van der Waals surface area contributed by atoms with Gasteiger partial charge in [0.25, 0.3) is 0 Å². The maximum atomic E-state index is 12.8. The predicted octanol–water partition coefficient (Wildman–Crippen LogP) is 1.37. The molecule has 0 saturated carbocycles. The van der Waals surface area contributed by atoms with Crippen LogP contribution in [0.25, 0.3) is 0 Å². The number of pyridine rings is 1. The van der Waals surface area contributed by atoms with Gasteiger partial charge in [0.2, 0.25) is 0 Å². The molecule has 1 N–H and O–H groups in total. The van der Waals surface area contributed by atoms with E-state index in [1.165, 1.54) is 24.8 Å². The molecule has 0 aromatic carbocycles. The Balaban J connectivity index is 2.00. The maximum Gasteiger partial charge on any atom is 0.126 e. The van der Waals surface area contributed by atoms with Crippen LogP contribution in [0.4, 0.5) is 4.39 Å². The summed E-state index contributed by atoms with van der Waals surface area (Å²) in [4.78, 5) is 4.14. The molecule has 1 aliphatic rings. The van der Waals surface area contributed by atoms with E-state index in [2.05, 4.69) is 10.3 Å². The van der Waals surface area contributed by atoms with Crippen LogP contribution in [0, 0.1) is 11.7 Å². The first-order valence-electron chi connectivity index (χ1n) is 4.66. The van der Waals surface area contributed by atoms with E-state index >= 15 is 0 Å². The molecule has 1 saturated heterocycles. The molecule has 2 rings (SSSR count). The van der Waals surface area contributed by atoms with Gasteiger partial charge in [0.05, 0.1) is 0 Å². The molecule has 1 aliphatic heterocycles. The summed E-state index contributed by atoms with van der Waals surface area (Å²) in [6.45, 7) is 2.12. The minimum absolute atomic E-state index is 0.184. The van der Waals surface area contributed by atoms with Crippen molar-refractivity contribution in [3.63, 3.8) is 0 Å². The maximum absolute atomic E-state index is 12.8. The number of hydrogen-bond acceptors (Lipinski definition) is 2. The molecule has 1 fully saturated rings. The number of hydrogen-bond donors (Lipinski definition) is 1. The molecule has 1 atom stereocenters. The second-order valence-corrected chi connectivity index (χ2v) is 3.53. The highest BCUT2D eigenvalue weighted by molar-refractivity contribution is 5.07. The molecule has 1 aromatic heterocycles. The molecule has 1 unspecified atom stereocenters. The summed E-state index contributed by atoms with van der Waals surface area (Å²) in [5, 5.41) is 3.29. The van der Waals surface area contributed by atoms with Gasteiger partial charge in [-0.15, -0.1) is 0 Å². The standard InChI is InChI=1S/C10H13FN2/c11-9-2-4-13-10(6-9)5-8-1-3-12-7-8/h2,4,6,8,12H,1,3,5,7H2. The van der Waals surface area contributed by atoms with Crippen LogP contribution in [0.1, 0.15) is 12.1 Å². The third kappa shape index (κ3) is 2.25. The summed E-state index contributed by atoms with van der Waals surface area (Å²) in [5.41, 5.74) is 0.869. The van der Waals surface area contributed by atoms with Crippen LogP contribution in [0.3, 0.4) is 0 Å². The number of rotatable bonds is 2. The Morgan fingerprint density at radius 2 is 2.54 bits per heavy atom. The van der Waals surface area contributed by atoms with Gasteiger partial charge >= 0.3 is 0 Å². The first-order chi connectivity index (χ1) is 6.34. The van der Waals surface area contributed by atoms with Crippen molar-refractivity contribution in [3.05, 3.63) is 29.8 Å². The Morgan fingerprint density at radius 3 is 3.23 bits per heavy atom. The summed E-state index contributed by atoms with van der Waals surface area (Å²) in [6.07, 6.45) is 3.61. The zero-order valence-electron chi connectivity index (χ0n) is 7.46. The minimum atomic E-state index is -0.184. The Kier molecular flexibility index (Phi) is 2.54. The molecule has 0 radical (unpaired) electrons. The van der Waals surface area contributed by atoms with E-state index in [9.17, 15) is 4.39 Å². The zero-order valence-corrected chi connectivity index (χ0v) is 7.46. The summed E-state index contributed by atoms with van der Waals surface area (Å²) >= 11 is 0. The van der Waals surface area contributed by atoms with Gasteiger partial charge in [0.1, 0.15) is 5.82 Å². The molecule has 1 aromatic rings. The van der Waals surface area contributed by atoms with Crippen molar-refractivity contribution in [1.29, 1.82) is 0 Å². The molecule has 0 aliphatic carbocycles. The fraction of sp³-hybridized carbons (Fsp3) is 0.500. The van der Waals surface area contributed by atoms with Gasteiger partial charge < -0.3 is 5.32 Å². The van der Waals surface area contributed by atoms with Crippen molar-refractivity contribution < 1.29 is 4.39 Å². The van der Waals surface area contributed by atoms with Gasteiger partial charge in [0, 0.05) is 11.9 Å². The lowest BCUT2D eigenvalue weighted by atomic mass is 10.0. The van der Waals surface area contributed by atoms with Gasteiger partial charge in [0.15, 0.2) is 0 Å². The van der Waals surface area contributed by atoms with Crippen molar-refractivity contribution in [3.8, 4) is 0 Å². The third-order valence-electron chi connectivity index (χ3n) is 2.44. The van der Waals surface area contributed by atoms with E-state index in [1.54, 1.807) is 0 Å². The van der Waals surface area contributed by atoms with Crippen LogP contribution in [0.2, 0.25) is 0 Å². The Hall–Kier alpha value is -0.960. The molecule has 2 heterocycles. The van der Waals surface area contributed by atoms with Gasteiger partial charge in [-0.05, 0) is 44.0 Å². The summed E-state index contributed by atoms with van der Waals surface area (Å²) in [5.74, 6) is 0.449. The fourth-order valence-electron chi connectivity index (χ4n) is 1.74. The summed E-state index contributed by atoms with van der Waals surface area (Å²) in [7, 11) is 0. The lowest BCUT2D eigenvalue weighted by molar-refractivity contribution is 0.563. The predicted molar refractivity (Wildman–Crippen MR) is 48.9 cm³/mol. The number of nitrogens with zero attached hydrogens (tertiary/aromatic N) is 1. The second-order valence-electron chi connectivity index (χ2n) is 3.53.